The summed E-state index contributed by atoms with van der Waals surface area (Å²) in [6.07, 6.45) is 2.87. The van der Waals surface area contributed by atoms with E-state index in [-0.39, 0.29) is 11.5 Å². The maximum atomic E-state index is 12.0. The van der Waals surface area contributed by atoms with Gasteiger partial charge in [0, 0.05) is 23.8 Å². The number of urea groups is 1. The van der Waals surface area contributed by atoms with Crippen molar-refractivity contribution in [2.24, 2.45) is 5.73 Å². The molecule has 20 heavy (non-hydrogen) atoms. The standard InChI is InChI=1S/C13H11ClN4O2/c14-11-4-5-16-7-10(11)12(19)17-8-2-1-3-9(6-8)18-13(15)20/h1-7H,(H,17,19)(H3,15,18,20). The summed E-state index contributed by atoms with van der Waals surface area (Å²) in [6.45, 7) is 0. The highest BCUT2D eigenvalue weighted by molar-refractivity contribution is 6.34. The normalized spacial score (nSPS) is 9.85. The molecule has 102 valence electrons. The van der Waals surface area contributed by atoms with Crippen LogP contribution in [-0.2, 0) is 0 Å². The van der Waals surface area contributed by atoms with Gasteiger partial charge in [-0.05, 0) is 24.3 Å². The lowest BCUT2D eigenvalue weighted by Crippen LogP contribution is -2.19. The van der Waals surface area contributed by atoms with E-state index >= 15 is 0 Å². The molecular weight excluding hydrogens is 280 g/mol. The summed E-state index contributed by atoms with van der Waals surface area (Å²) < 4.78 is 0. The molecule has 0 radical (unpaired) electrons. The quantitative estimate of drug-likeness (QED) is 0.810. The van der Waals surface area contributed by atoms with Gasteiger partial charge in [-0.25, -0.2) is 4.79 Å². The third-order valence-corrected chi connectivity index (χ3v) is 2.73. The number of halogens is 1. The van der Waals surface area contributed by atoms with Gasteiger partial charge >= 0.3 is 6.03 Å². The first kappa shape index (κ1) is 13.8. The minimum absolute atomic E-state index is 0.266. The lowest BCUT2D eigenvalue weighted by molar-refractivity contribution is 0.102. The Kier molecular flexibility index (Phi) is 4.17. The summed E-state index contributed by atoms with van der Waals surface area (Å²) in [5, 5.41) is 5.39. The molecule has 1 heterocycles. The van der Waals surface area contributed by atoms with E-state index in [1.807, 2.05) is 0 Å². The van der Waals surface area contributed by atoms with Gasteiger partial charge in [0.1, 0.15) is 0 Å². The van der Waals surface area contributed by atoms with E-state index in [1.165, 1.54) is 18.5 Å². The van der Waals surface area contributed by atoms with Crippen molar-refractivity contribution in [2.75, 3.05) is 10.6 Å². The van der Waals surface area contributed by atoms with Gasteiger partial charge in [0.15, 0.2) is 0 Å². The number of hydrogen-bond donors (Lipinski definition) is 3. The van der Waals surface area contributed by atoms with Gasteiger partial charge in [-0.3, -0.25) is 9.78 Å². The number of hydrogen-bond acceptors (Lipinski definition) is 3. The van der Waals surface area contributed by atoms with Crippen molar-refractivity contribution in [1.29, 1.82) is 0 Å². The van der Waals surface area contributed by atoms with Gasteiger partial charge in [-0.1, -0.05) is 17.7 Å². The fourth-order valence-corrected chi connectivity index (χ4v) is 1.75. The second-order valence-electron chi connectivity index (χ2n) is 3.88. The lowest BCUT2D eigenvalue weighted by Gasteiger charge is -2.08. The predicted molar refractivity (Wildman–Crippen MR) is 76.8 cm³/mol. The Hall–Kier alpha value is -2.60. The molecule has 0 unspecified atom stereocenters. The highest BCUT2D eigenvalue weighted by Gasteiger charge is 2.10. The highest BCUT2D eigenvalue weighted by atomic mass is 35.5. The van der Waals surface area contributed by atoms with Crippen molar-refractivity contribution in [1.82, 2.24) is 4.98 Å². The smallest absolute Gasteiger partial charge is 0.316 e. The molecule has 0 aliphatic heterocycles. The molecule has 0 aliphatic rings. The Labute approximate surface area is 120 Å². The van der Waals surface area contributed by atoms with E-state index in [1.54, 1.807) is 24.3 Å². The number of nitrogens with one attached hydrogen (secondary N) is 2. The first-order chi connectivity index (χ1) is 9.56. The predicted octanol–water partition coefficient (Wildman–Crippen LogP) is 2.48. The number of carbonyl (C=O) groups excluding carboxylic acids is 2. The SMILES string of the molecule is NC(=O)Nc1cccc(NC(=O)c2cnccc2Cl)c1. The van der Waals surface area contributed by atoms with E-state index < -0.39 is 6.03 Å². The molecule has 7 heteroatoms. The zero-order valence-electron chi connectivity index (χ0n) is 10.3. The molecule has 6 nitrogen and oxygen atoms in total. The van der Waals surface area contributed by atoms with Crippen molar-refractivity contribution < 1.29 is 9.59 Å². The minimum atomic E-state index is -0.677. The number of nitrogens with zero attached hydrogens (tertiary/aromatic N) is 1. The molecule has 0 atom stereocenters. The Bertz CT molecular complexity index is 660. The van der Waals surface area contributed by atoms with Gasteiger partial charge in [-0.15, -0.1) is 0 Å². The summed E-state index contributed by atoms with van der Waals surface area (Å²) in [5.41, 5.74) is 6.27. The zero-order chi connectivity index (χ0) is 14.5. The average molecular weight is 291 g/mol. The maximum Gasteiger partial charge on any atom is 0.316 e. The van der Waals surface area contributed by atoms with Crippen LogP contribution in [0.5, 0.6) is 0 Å². The number of primary amides is 1. The maximum absolute atomic E-state index is 12.0. The molecule has 0 bridgehead atoms. The van der Waals surface area contributed by atoms with Crippen LogP contribution in [-0.4, -0.2) is 16.9 Å². The van der Waals surface area contributed by atoms with E-state index in [2.05, 4.69) is 15.6 Å². The van der Waals surface area contributed by atoms with Crippen LogP contribution in [0.15, 0.2) is 42.7 Å². The van der Waals surface area contributed by atoms with Crippen LogP contribution in [0, 0.1) is 0 Å². The van der Waals surface area contributed by atoms with Crippen LogP contribution in [0.2, 0.25) is 5.02 Å². The van der Waals surface area contributed by atoms with Gasteiger partial charge in [0.25, 0.3) is 5.91 Å². The number of pyridine rings is 1. The number of nitrogens with two attached hydrogens (primary N) is 1. The Balaban J connectivity index is 2.16. The molecule has 3 amide bonds. The molecule has 0 fully saturated rings. The van der Waals surface area contributed by atoms with E-state index in [4.69, 9.17) is 17.3 Å². The molecule has 2 aromatic rings. The molecule has 1 aromatic carbocycles. The van der Waals surface area contributed by atoms with E-state index in [0.29, 0.717) is 16.4 Å². The summed E-state index contributed by atoms with van der Waals surface area (Å²) in [7, 11) is 0. The third-order valence-electron chi connectivity index (χ3n) is 2.40. The number of anilines is 2. The second-order valence-corrected chi connectivity index (χ2v) is 4.29. The van der Waals surface area contributed by atoms with Crippen molar-refractivity contribution in [2.45, 2.75) is 0 Å². The summed E-state index contributed by atoms with van der Waals surface area (Å²) in [4.78, 5) is 26.6. The van der Waals surface area contributed by atoms with Crippen LogP contribution >= 0.6 is 11.6 Å². The molecule has 0 saturated carbocycles. The van der Waals surface area contributed by atoms with Crippen molar-refractivity contribution >= 4 is 34.9 Å². The highest BCUT2D eigenvalue weighted by Crippen LogP contribution is 2.18. The van der Waals surface area contributed by atoms with Gasteiger partial charge < -0.3 is 16.4 Å². The zero-order valence-corrected chi connectivity index (χ0v) is 11.0. The molecular formula is C13H11ClN4O2. The first-order valence-corrected chi connectivity index (χ1v) is 6.01. The van der Waals surface area contributed by atoms with Crippen molar-refractivity contribution in [3.63, 3.8) is 0 Å². The van der Waals surface area contributed by atoms with Crippen LogP contribution in [0.4, 0.5) is 16.2 Å². The lowest BCUT2D eigenvalue weighted by atomic mass is 10.2. The van der Waals surface area contributed by atoms with Crippen LogP contribution in [0.1, 0.15) is 10.4 Å². The number of carbonyl (C=O) groups is 2. The number of rotatable bonds is 3. The van der Waals surface area contributed by atoms with E-state index in [9.17, 15) is 9.59 Å². The van der Waals surface area contributed by atoms with Crippen LogP contribution in [0.25, 0.3) is 0 Å². The number of aromatic nitrogens is 1. The van der Waals surface area contributed by atoms with Crippen LogP contribution < -0.4 is 16.4 Å². The Morgan fingerprint density at radius 3 is 2.50 bits per heavy atom. The Morgan fingerprint density at radius 2 is 1.85 bits per heavy atom. The van der Waals surface area contributed by atoms with Crippen molar-refractivity contribution in [3.05, 3.63) is 53.3 Å². The molecule has 1 aromatic heterocycles. The van der Waals surface area contributed by atoms with Crippen LogP contribution in [0.3, 0.4) is 0 Å². The third kappa shape index (κ3) is 3.46. The fourth-order valence-electron chi connectivity index (χ4n) is 1.56. The monoisotopic (exact) mass is 290 g/mol. The largest absolute Gasteiger partial charge is 0.351 e. The summed E-state index contributed by atoms with van der Waals surface area (Å²) >= 11 is 5.91. The minimum Gasteiger partial charge on any atom is -0.351 e. The first-order valence-electron chi connectivity index (χ1n) is 5.63. The fraction of sp³-hybridized carbons (Fsp3) is 0. The average Bonchev–Trinajstić information content (AvgIpc) is 2.38. The summed E-state index contributed by atoms with van der Waals surface area (Å²) in [6, 6.07) is 7.43. The van der Waals surface area contributed by atoms with Gasteiger partial charge in [0.05, 0.1) is 10.6 Å². The molecule has 2 rings (SSSR count). The molecule has 0 spiro atoms. The number of amides is 3. The molecule has 0 aliphatic carbocycles. The topological polar surface area (TPSA) is 97.1 Å². The second kappa shape index (κ2) is 6.03. The Morgan fingerprint density at radius 1 is 1.15 bits per heavy atom. The summed E-state index contributed by atoms with van der Waals surface area (Å²) in [5.74, 6) is -0.390. The molecule has 4 N–H and O–H groups in total. The molecule has 0 saturated heterocycles. The van der Waals surface area contributed by atoms with Crippen molar-refractivity contribution in [3.8, 4) is 0 Å². The van der Waals surface area contributed by atoms with E-state index in [0.717, 1.165) is 0 Å². The van der Waals surface area contributed by atoms with Gasteiger partial charge in [-0.2, -0.15) is 0 Å². The van der Waals surface area contributed by atoms with Gasteiger partial charge in [0.2, 0.25) is 0 Å². The number of benzene rings is 1.